The molecule has 1 saturated heterocycles. The molecule has 0 atom stereocenters. The van der Waals surface area contributed by atoms with Crippen LogP contribution in [0.4, 0.5) is 18.9 Å². The van der Waals surface area contributed by atoms with Crippen LogP contribution in [0, 0.1) is 5.92 Å². The standard InChI is InChI=1S/C17H18F3N3O/c1-10(2)22-16(24)11-8-23(9-11)15-5-6-21-14-7-12(17(18,19)20)3-4-13(14)15/h3-7,10-11H,8-9H2,1-2H3,(H,22,24). The van der Waals surface area contributed by atoms with Crippen LogP contribution >= 0.6 is 0 Å². The van der Waals surface area contributed by atoms with E-state index in [1.807, 2.05) is 18.7 Å². The fourth-order valence-electron chi connectivity index (χ4n) is 2.83. The summed E-state index contributed by atoms with van der Waals surface area (Å²) in [6.45, 7) is 4.92. The van der Waals surface area contributed by atoms with Gasteiger partial charge in [-0.2, -0.15) is 13.2 Å². The summed E-state index contributed by atoms with van der Waals surface area (Å²) < 4.78 is 38.4. The smallest absolute Gasteiger partial charge is 0.369 e. The van der Waals surface area contributed by atoms with E-state index >= 15 is 0 Å². The second-order valence-corrected chi connectivity index (χ2v) is 6.32. The summed E-state index contributed by atoms with van der Waals surface area (Å²) in [5.41, 5.74) is 0.400. The third-order valence-electron chi connectivity index (χ3n) is 4.07. The minimum Gasteiger partial charge on any atom is -0.369 e. The number of rotatable bonds is 3. The minimum absolute atomic E-state index is 0.0129. The molecule has 1 aromatic carbocycles. The summed E-state index contributed by atoms with van der Waals surface area (Å²) in [6.07, 6.45) is -2.89. The van der Waals surface area contributed by atoms with Crippen molar-refractivity contribution in [3.63, 3.8) is 0 Å². The van der Waals surface area contributed by atoms with Gasteiger partial charge in [-0.25, -0.2) is 0 Å². The third-order valence-corrected chi connectivity index (χ3v) is 4.07. The molecule has 7 heteroatoms. The van der Waals surface area contributed by atoms with E-state index in [2.05, 4.69) is 10.3 Å². The first-order valence-corrected chi connectivity index (χ1v) is 7.77. The average Bonchev–Trinajstić information content (AvgIpc) is 2.43. The molecular weight excluding hydrogens is 319 g/mol. The van der Waals surface area contributed by atoms with Crippen molar-refractivity contribution in [2.45, 2.75) is 26.1 Å². The molecule has 1 aromatic heterocycles. The highest BCUT2D eigenvalue weighted by Crippen LogP contribution is 2.35. The number of benzene rings is 1. The van der Waals surface area contributed by atoms with Crippen molar-refractivity contribution >= 4 is 22.5 Å². The Hall–Kier alpha value is -2.31. The lowest BCUT2D eigenvalue weighted by Crippen LogP contribution is -2.54. The van der Waals surface area contributed by atoms with Gasteiger partial charge in [-0.1, -0.05) is 6.07 Å². The Balaban J connectivity index is 1.81. The highest BCUT2D eigenvalue weighted by molar-refractivity contribution is 5.93. The van der Waals surface area contributed by atoms with Crippen molar-refractivity contribution in [3.05, 3.63) is 36.0 Å². The van der Waals surface area contributed by atoms with Gasteiger partial charge in [-0.05, 0) is 32.0 Å². The van der Waals surface area contributed by atoms with Crippen molar-refractivity contribution in [2.24, 2.45) is 5.92 Å². The fourth-order valence-corrected chi connectivity index (χ4v) is 2.83. The van der Waals surface area contributed by atoms with Crippen LogP contribution in [-0.2, 0) is 11.0 Å². The summed E-state index contributed by atoms with van der Waals surface area (Å²) >= 11 is 0. The zero-order valence-corrected chi connectivity index (χ0v) is 13.4. The van der Waals surface area contributed by atoms with Crippen molar-refractivity contribution in [3.8, 4) is 0 Å². The van der Waals surface area contributed by atoms with Crippen LogP contribution in [-0.4, -0.2) is 30.0 Å². The van der Waals surface area contributed by atoms with Gasteiger partial charge in [0.1, 0.15) is 0 Å². The second kappa shape index (κ2) is 5.96. The molecule has 24 heavy (non-hydrogen) atoms. The molecular formula is C17H18F3N3O. The molecule has 0 unspecified atom stereocenters. The molecule has 128 valence electrons. The maximum Gasteiger partial charge on any atom is 0.416 e. The predicted octanol–water partition coefficient (Wildman–Crippen LogP) is 3.21. The molecule has 0 aliphatic carbocycles. The van der Waals surface area contributed by atoms with Gasteiger partial charge in [0.25, 0.3) is 0 Å². The summed E-state index contributed by atoms with van der Waals surface area (Å²) in [5, 5.41) is 3.54. The number of nitrogens with one attached hydrogen (secondary N) is 1. The Kier molecular flexibility index (Phi) is 4.11. The Bertz CT molecular complexity index is 767. The number of anilines is 1. The molecule has 2 aromatic rings. The summed E-state index contributed by atoms with van der Waals surface area (Å²) in [7, 11) is 0. The van der Waals surface area contributed by atoms with Gasteiger partial charge >= 0.3 is 6.18 Å². The van der Waals surface area contributed by atoms with Crippen LogP contribution in [0.3, 0.4) is 0 Å². The van der Waals surface area contributed by atoms with E-state index in [4.69, 9.17) is 0 Å². The minimum atomic E-state index is -4.39. The molecule has 1 fully saturated rings. The van der Waals surface area contributed by atoms with Crippen molar-refractivity contribution in [1.82, 2.24) is 10.3 Å². The van der Waals surface area contributed by atoms with Gasteiger partial charge in [0.15, 0.2) is 0 Å². The number of carbonyl (C=O) groups excluding carboxylic acids is 1. The number of pyridine rings is 1. The number of fused-ring (bicyclic) bond motifs is 1. The van der Waals surface area contributed by atoms with Crippen LogP contribution in [0.1, 0.15) is 19.4 Å². The first-order valence-electron chi connectivity index (χ1n) is 7.77. The van der Waals surface area contributed by atoms with E-state index in [1.165, 1.54) is 12.3 Å². The molecule has 0 radical (unpaired) electrons. The lowest BCUT2D eigenvalue weighted by Gasteiger charge is -2.40. The lowest BCUT2D eigenvalue weighted by atomic mass is 9.96. The number of hydrogen-bond acceptors (Lipinski definition) is 3. The normalized spacial score (nSPS) is 15.7. The second-order valence-electron chi connectivity index (χ2n) is 6.32. The predicted molar refractivity (Wildman–Crippen MR) is 85.7 cm³/mol. The van der Waals surface area contributed by atoms with E-state index < -0.39 is 11.7 Å². The first kappa shape index (κ1) is 16.5. The first-order chi connectivity index (χ1) is 11.3. The number of amides is 1. The Morgan fingerprint density at radius 1 is 1.29 bits per heavy atom. The Labute approximate surface area is 137 Å². The van der Waals surface area contributed by atoms with Crippen LogP contribution in [0.2, 0.25) is 0 Å². The molecule has 0 spiro atoms. The van der Waals surface area contributed by atoms with E-state index in [-0.39, 0.29) is 17.9 Å². The third kappa shape index (κ3) is 3.16. The Morgan fingerprint density at radius 2 is 2.00 bits per heavy atom. The van der Waals surface area contributed by atoms with E-state index in [9.17, 15) is 18.0 Å². The van der Waals surface area contributed by atoms with Gasteiger partial charge < -0.3 is 10.2 Å². The van der Waals surface area contributed by atoms with E-state index in [0.717, 1.165) is 17.8 Å². The van der Waals surface area contributed by atoms with E-state index in [0.29, 0.717) is 24.0 Å². The maximum atomic E-state index is 12.8. The molecule has 1 amide bonds. The number of aromatic nitrogens is 1. The number of halogens is 3. The molecule has 1 N–H and O–H groups in total. The van der Waals surface area contributed by atoms with Crippen LogP contribution in [0.5, 0.6) is 0 Å². The molecule has 0 saturated carbocycles. The molecule has 1 aliphatic rings. The zero-order valence-electron chi connectivity index (χ0n) is 13.4. The SMILES string of the molecule is CC(C)NC(=O)C1CN(c2ccnc3cc(C(F)(F)F)ccc23)C1. The zero-order chi connectivity index (χ0) is 17.5. The number of hydrogen-bond donors (Lipinski definition) is 1. The van der Waals surface area contributed by atoms with Crippen LogP contribution < -0.4 is 10.2 Å². The quantitative estimate of drug-likeness (QED) is 0.935. The monoisotopic (exact) mass is 337 g/mol. The summed E-state index contributed by atoms with van der Waals surface area (Å²) in [5.74, 6) is -0.0796. The number of carbonyl (C=O) groups is 1. The van der Waals surface area contributed by atoms with Crippen molar-refractivity contribution in [1.29, 1.82) is 0 Å². The Morgan fingerprint density at radius 3 is 2.62 bits per heavy atom. The molecule has 4 nitrogen and oxygen atoms in total. The van der Waals surface area contributed by atoms with Crippen molar-refractivity contribution < 1.29 is 18.0 Å². The average molecular weight is 337 g/mol. The maximum absolute atomic E-state index is 12.8. The van der Waals surface area contributed by atoms with Crippen LogP contribution in [0.25, 0.3) is 10.9 Å². The molecule has 3 rings (SSSR count). The highest BCUT2D eigenvalue weighted by Gasteiger charge is 2.34. The van der Waals surface area contributed by atoms with E-state index in [1.54, 1.807) is 6.07 Å². The summed E-state index contributed by atoms with van der Waals surface area (Å²) in [6, 6.07) is 5.43. The summed E-state index contributed by atoms with van der Waals surface area (Å²) in [4.78, 5) is 18.0. The van der Waals surface area contributed by atoms with Gasteiger partial charge in [0, 0.05) is 36.4 Å². The topological polar surface area (TPSA) is 45.2 Å². The molecule has 0 bridgehead atoms. The molecule has 2 heterocycles. The largest absolute Gasteiger partial charge is 0.416 e. The fraction of sp³-hybridized carbons (Fsp3) is 0.412. The lowest BCUT2D eigenvalue weighted by molar-refractivity contribution is -0.137. The van der Waals surface area contributed by atoms with Gasteiger partial charge in [0.2, 0.25) is 5.91 Å². The molecule has 1 aliphatic heterocycles. The van der Waals surface area contributed by atoms with Crippen molar-refractivity contribution in [2.75, 3.05) is 18.0 Å². The van der Waals surface area contributed by atoms with Gasteiger partial charge in [0.05, 0.1) is 17.0 Å². The van der Waals surface area contributed by atoms with Gasteiger partial charge in [-0.15, -0.1) is 0 Å². The van der Waals surface area contributed by atoms with Crippen LogP contribution in [0.15, 0.2) is 30.5 Å². The number of nitrogens with zero attached hydrogens (tertiary/aromatic N) is 2. The highest BCUT2D eigenvalue weighted by atomic mass is 19.4. The number of alkyl halides is 3. The van der Waals surface area contributed by atoms with Gasteiger partial charge in [-0.3, -0.25) is 9.78 Å².